The fourth-order valence-electron chi connectivity index (χ4n) is 5.91. The van der Waals surface area contributed by atoms with E-state index >= 15 is 0 Å². The van der Waals surface area contributed by atoms with Gasteiger partial charge in [-0.15, -0.1) is 8.58 Å². The van der Waals surface area contributed by atoms with Crippen molar-refractivity contribution in [2.45, 2.75) is 62.8 Å². The van der Waals surface area contributed by atoms with Gasteiger partial charge in [-0.05, 0) is 22.3 Å². The maximum absolute atomic E-state index is 6.34. The summed E-state index contributed by atoms with van der Waals surface area (Å²) in [7, 11) is 0.668. The lowest BCUT2D eigenvalue weighted by Crippen LogP contribution is -2.27. The van der Waals surface area contributed by atoms with Crippen LogP contribution in [-0.4, -0.2) is 36.2 Å². The average Bonchev–Trinajstić information content (AvgIpc) is 3.47. The van der Waals surface area contributed by atoms with Crippen molar-refractivity contribution in [3.63, 3.8) is 0 Å². The third-order valence-corrected chi connectivity index (χ3v) is 8.72. The fourth-order valence-corrected chi connectivity index (χ4v) is 6.81. The van der Waals surface area contributed by atoms with Crippen molar-refractivity contribution < 1.29 is 9.47 Å². The number of fused-ring (bicyclic) bond motifs is 6. The van der Waals surface area contributed by atoms with Crippen LogP contribution in [0.5, 0.6) is 0 Å². The zero-order valence-electron chi connectivity index (χ0n) is 18.6. The van der Waals surface area contributed by atoms with Crippen molar-refractivity contribution in [2.75, 3.05) is 12.3 Å². The van der Waals surface area contributed by atoms with E-state index in [1.54, 1.807) is 0 Å². The molecule has 6 rings (SSSR count). The molecule has 31 heavy (non-hydrogen) atoms. The van der Waals surface area contributed by atoms with Crippen LogP contribution in [0.3, 0.4) is 0 Å². The predicted molar refractivity (Wildman–Crippen MR) is 127 cm³/mol. The first-order valence-electron chi connectivity index (χ1n) is 11.2. The summed E-state index contributed by atoms with van der Waals surface area (Å²) in [5.74, 6) is 1.81. The Balaban J connectivity index is 1.11. The Morgan fingerprint density at radius 1 is 0.710 bits per heavy atom. The summed E-state index contributed by atoms with van der Waals surface area (Å²) < 4.78 is 12.7. The van der Waals surface area contributed by atoms with Gasteiger partial charge in [-0.25, -0.2) is 9.98 Å². The van der Waals surface area contributed by atoms with Crippen LogP contribution in [-0.2, 0) is 20.3 Å². The van der Waals surface area contributed by atoms with Gasteiger partial charge < -0.3 is 9.47 Å². The van der Waals surface area contributed by atoms with Gasteiger partial charge in [0.2, 0.25) is 0 Å². The smallest absolute Gasteiger partial charge is 0.188 e. The Morgan fingerprint density at radius 3 is 1.58 bits per heavy atom. The van der Waals surface area contributed by atoms with Crippen molar-refractivity contribution in [3.05, 3.63) is 70.8 Å². The zero-order chi connectivity index (χ0) is 21.4. The molecule has 2 heterocycles. The van der Waals surface area contributed by atoms with E-state index in [9.17, 15) is 0 Å². The lowest BCUT2D eigenvalue weighted by Gasteiger charge is -2.23. The monoisotopic (exact) mass is 432 g/mol. The van der Waals surface area contributed by atoms with Crippen molar-refractivity contribution >= 4 is 20.4 Å². The van der Waals surface area contributed by atoms with E-state index in [4.69, 9.17) is 19.5 Å². The van der Waals surface area contributed by atoms with E-state index in [-0.39, 0.29) is 35.1 Å². The minimum absolute atomic E-state index is 0.0151. The van der Waals surface area contributed by atoms with Crippen molar-refractivity contribution in [1.82, 2.24) is 0 Å². The van der Waals surface area contributed by atoms with E-state index in [0.29, 0.717) is 8.58 Å². The minimum Gasteiger partial charge on any atom is -0.470 e. The highest BCUT2D eigenvalue weighted by molar-refractivity contribution is 7.40. The molecule has 4 nitrogen and oxygen atoms in total. The number of aliphatic imine (C=N–C) groups is 2. The van der Waals surface area contributed by atoms with E-state index < -0.39 is 0 Å². The minimum atomic E-state index is 0.0151. The van der Waals surface area contributed by atoms with E-state index in [2.05, 4.69) is 76.2 Å². The Morgan fingerprint density at radius 2 is 1.13 bits per heavy atom. The normalized spacial score (nSPS) is 30.8. The molecule has 0 radical (unpaired) electrons. The van der Waals surface area contributed by atoms with Gasteiger partial charge >= 0.3 is 0 Å². The van der Waals surface area contributed by atoms with Gasteiger partial charge in [-0.1, -0.05) is 76.2 Å². The van der Waals surface area contributed by atoms with Crippen LogP contribution in [0.2, 0.25) is 0 Å². The maximum Gasteiger partial charge on any atom is 0.188 e. The van der Waals surface area contributed by atoms with Gasteiger partial charge in [0, 0.05) is 23.2 Å². The molecule has 4 aliphatic rings. The first kappa shape index (κ1) is 19.5. The van der Waals surface area contributed by atoms with E-state index in [1.165, 1.54) is 22.3 Å². The van der Waals surface area contributed by atoms with Crippen molar-refractivity contribution in [3.8, 4) is 0 Å². The molecule has 2 aromatic rings. The summed E-state index contributed by atoms with van der Waals surface area (Å²) in [6.45, 7) is 9.14. The molecule has 0 aromatic heterocycles. The maximum atomic E-state index is 6.34. The van der Waals surface area contributed by atoms with Crippen LogP contribution in [0.25, 0.3) is 0 Å². The third-order valence-electron chi connectivity index (χ3n) is 7.62. The summed E-state index contributed by atoms with van der Waals surface area (Å²) >= 11 is 0. The quantitative estimate of drug-likeness (QED) is 0.614. The SMILES string of the molecule is CC1(C)c2ccccc2[C@H]2OC(CPCC3=N[C@H]4[C@@H](O3)c3ccccc3C4(C)C)=N[C@H]21. The molecule has 0 fully saturated rings. The highest BCUT2D eigenvalue weighted by atomic mass is 31.1. The highest BCUT2D eigenvalue weighted by Crippen LogP contribution is 2.52. The molecule has 2 aliphatic heterocycles. The largest absolute Gasteiger partial charge is 0.470 e. The van der Waals surface area contributed by atoms with Gasteiger partial charge in [0.05, 0.1) is 0 Å². The Bertz CT molecular complexity index is 1030. The summed E-state index contributed by atoms with van der Waals surface area (Å²) in [4.78, 5) is 10.0. The molecule has 2 aromatic carbocycles. The fraction of sp³-hybridized carbons (Fsp3) is 0.462. The molecule has 0 saturated heterocycles. The first-order chi connectivity index (χ1) is 14.9. The molecule has 1 unspecified atom stereocenters. The number of ether oxygens (including phenoxy) is 2. The molecule has 0 saturated carbocycles. The lowest BCUT2D eigenvalue weighted by molar-refractivity contribution is 0.184. The zero-order valence-corrected chi connectivity index (χ0v) is 19.6. The lowest BCUT2D eigenvalue weighted by atomic mass is 9.83. The van der Waals surface area contributed by atoms with Gasteiger partial charge in [0.25, 0.3) is 0 Å². The number of hydrogen-bond donors (Lipinski definition) is 0. The molecule has 160 valence electrons. The van der Waals surface area contributed by atoms with Gasteiger partial charge in [0.1, 0.15) is 24.3 Å². The van der Waals surface area contributed by atoms with Crippen LogP contribution < -0.4 is 0 Å². The van der Waals surface area contributed by atoms with Crippen LogP contribution in [0, 0.1) is 0 Å². The number of hydrogen-bond acceptors (Lipinski definition) is 4. The van der Waals surface area contributed by atoms with Gasteiger partial charge in [-0.2, -0.15) is 0 Å². The van der Waals surface area contributed by atoms with E-state index in [1.807, 2.05) is 0 Å². The van der Waals surface area contributed by atoms with Crippen molar-refractivity contribution in [2.24, 2.45) is 9.98 Å². The molecule has 0 N–H and O–H groups in total. The summed E-state index contributed by atoms with van der Waals surface area (Å²) in [6.07, 6.45) is 1.87. The molecule has 5 heteroatoms. The summed E-state index contributed by atoms with van der Waals surface area (Å²) in [5.41, 5.74) is 5.38. The van der Waals surface area contributed by atoms with Gasteiger partial charge in [-0.3, -0.25) is 0 Å². The predicted octanol–water partition coefficient (Wildman–Crippen LogP) is 5.32. The Hall–Kier alpha value is -2.19. The Labute approximate surface area is 186 Å². The van der Waals surface area contributed by atoms with Crippen molar-refractivity contribution in [1.29, 1.82) is 0 Å². The second kappa shape index (κ2) is 6.65. The number of nitrogens with zero attached hydrogens (tertiary/aromatic N) is 2. The first-order valence-corrected chi connectivity index (χ1v) is 12.6. The van der Waals surface area contributed by atoms with Crippen LogP contribution in [0.15, 0.2) is 58.5 Å². The molecule has 0 spiro atoms. The molecule has 0 bridgehead atoms. The summed E-state index contributed by atoms with van der Waals surface area (Å²) in [6, 6.07) is 17.6. The van der Waals surface area contributed by atoms with E-state index in [0.717, 1.165) is 24.1 Å². The number of benzene rings is 2. The standard InChI is InChI=1S/C26H29N2O2P/c1-25(2)17-11-7-5-9-15(17)21-23(25)27-19(29-21)13-31-14-20-28-24-22(30-20)16-10-6-8-12-18(16)26(24,3)4/h5-12,21-24,31H,13-14H2,1-4H3/t21-,22+,23-,24+. The molecular formula is C26H29N2O2P. The highest BCUT2D eigenvalue weighted by Gasteiger charge is 2.52. The van der Waals surface area contributed by atoms with Crippen LogP contribution in [0.1, 0.15) is 62.2 Å². The molecular weight excluding hydrogens is 403 g/mol. The second-order valence-electron chi connectivity index (χ2n) is 10.2. The topological polar surface area (TPSA) is 43.2 Å². The Kier molecular flexibility index (Phi) is 4.18. The molecule has 2 aliphatic carbocycles. The molecule has 0 amide bonds. The van der Waals surface area contributed by atoms with Gasteiger partial charge in [0.15, 0.2) is 11.8 Å². The molecule has 5 atom stereocenters. The number of rotatable bonds is 4. The summed E-state index contributed by atoms with van der Waals surface area (Å²) in [5, 5.41) is 0. The average molecular weight is 433 g/mol. The second-order valence-corrected chi connectivity index (χ2v) is 11.4. The third kappa shape index (κ3) is 2.77. The van der Waals surface area contributed by atoms with Crippen LogP contribution >= 0.6 is 8.58 Å². The van der Waals surface area contributed by atoms with Crippen LogP contribution in [0.4, 0.5) is 0 Å².